The van der Waals surface area contributed by atoms with Crippen molar-refractivity contribution in [3.63, 3.8) is 0 Å². The fourth-order valence-electron chi connectivity index (χ4n) is 2.89. The number of halogens is 2. The van der Waals surface area contributed by atoms with Gasteiger partial charge in [-0.05, 0) is 42.8 Å². The highest BCUT2D eigenvalue weighted by molar-refractivity contribution is 6.35. The lowest BCUT2D eigenvalue weighted by molar-refractivity contribution is -0.131. The Bertz CT molecular complexity index is 1050. The highest BCUT2D eigenvalue weighted by Gasteiger charge is 2.22. The minimum absolute atomic E-state index is 0.153. The first kappa shape index (κ1) is 20.8. The Kier molecular flexibility index (Phi) is 6.52. The van der Waals surface area contributed by atoms with Crippen LogP contribution in [0, 0.1) is 6.92 Å². The molecule has 29 heavy (non-hydrogen) atoms. The molecule has 3 aromatic rings. The summed E-state index contributed by atoms with van der Waals surface area (Å²) in [6.07, 6.45) is 3.19. The monoisotopic (exact) mass is 428 g/mol. The summed E-state index contributed by atoms with van der Waals surface area (Å²) in [6, 6.07) is 13.6. The number of aromatic nitrogens is 1. The van der Waals surface area contributed by atoms with Gasteiger partial charge in [-0.15, -0.1) is 0 Å². The number of nitrogens with zero attached hydrogens (tertiary/aromatic N) is 2. The van der Waals surface area contributed by atoms with Crippen LogP contribution in [0.15, 0.2) is 60.9 Å². The van der Waals surface area contributed by atoms with E-state index < -0.39 is 5.97 Å². The lowest BCUT2D eigenvalue weighted by atomic mass is 10.1. The van der Waals surface area contributed by atoms with Crippen LogP contribution in [-0.2, 0) is 11.3 Å². The van der Waals surface area contributed by atoms with Gasteiger partial charge in [-0.25, -0.2) is 0 Å². The van der Waals surface area contributed by atoms with Gasteiger partial charge < -0.3 is 9.64 Å². The van der Waals surface area contributed by atoms with Crippen molar-refractivity contribution in [1.82, 2.24) is 4.98 Å². The highest BCUT2D eigenvalue weighted by atomic mass is 35.5. The van der Waals surface area contributed by atoms with Gasteiger partial charge in [0.05, 0.1) is 6.54 Å². The summed E-state index contributed by atoms with van der Waals surface area (Å²) in [5, 5.41) is 0.815. The summed E-state index contributed by atoms with van der Waals surface area (Å²) in [5.74, 6) is -0.302. The molecule has 0 spiro atoms. The zero-order valence-electron chi connectivity index (χ0n) is 15.9. The van der Waals surface area contributed by atoms with Gasteiger partial charge in [0.25, 0.3) is 5.91 Å². The molecule has 1 aromatic heterocycles. The van der Waals surface area contributed by atoms with Gasteiger partial charge in [-0.1, -0.05) is 41.4 Å². The standard InChI is InChI=1S/C22H18Cl2N2O3/c1-14-12-25-8-7-20(14)22(28)26(19-10-17(23)9-18(24)11-19)13-16-5-3-4-6-21(16)29-15(2)27/h3-12H,13H2,1-2H3. The maximum Gasteiger partial charge on any atom is 0.308 e. The Hall–Kier alpha value is -2.89. The van der Waals surface area contributed by atoms with Crippen molar-refractivity contribution < 1.29 is 14.3 Å². The largest absolute Gasteiger partial charge is 0.426 e. The van der Waals surface area contributed by atoms with Gasteiger partial charge >= 0.3 is 5.97 Å². The van der Waals surface area contributed by atoms with E-state index >= 15 is 0 Å². The Morgan fingerprint density at radius 3 is 2.41 bits per heavy atom. The van der Waals surface area contributed by atoms with Crippen LogP contribution in [0.2, 0.25) is 10.0 Å². The van der Waals surface area contributed by atoms with E-state index in [2.05, 4.69) is 4.98 Å². The number of amides is 1. The van der Waals surface area contributed by atoms with Crippen LogP contribution in [-0.4, -0.2) is 16.9 Å². The third-order valence-corrected chi connectivity index (χ3v) is 4.65. The molecular formula is C22H18Cl2N2O3. The number of hydrogen-bond acceptors (Lipinski definition) is 4. The van der Waals surface area contributed by atoms with Gasteiger partial charge in [-0.3, -0.25) is 14.6 Å². The van der Waals surface area contributed by atoms with Crippen molar-refractivity contribution in [3.8, 4) is 5.75 Å². The maximum absolute atomic E-state index is 13.4. The number of para-hydroxylation sites is 1. The molecule has 0 fully saturated rings. The van der Waals surface area contributed by atoms with Gasteiger partial charge in [0.1, 0.15) is 5.75 Å². The number of esters is 1. The van der Waals surface area contributed by atoms with Gasteiger partial charge in [0.2, 0.25) is 0 Å². The number of aryl methyl sites for hydroxylation is 1. The minimum atomic E-state index is -0.439. The molecule has 1 heterocycles. The lowest BCUT2D eigenvalue weighted by Gasteiger charge is -2.25. The summed E-state index contributed by atoms with van der Waals surface area (Å²) in [7, 11) is 0. The van der Waals surface area contributed by atoms with Crippen molar-refractivity contribution in [3.05, 3.63) is 87.7 Å². The SMILES string of the molecule is CC(=O)Oc1ccccc1CN(C(=O)c1ccncc1C)c1cc(Cl)cc(Cl)c1. The van der Waals surface area contributed by atoms with E-state index in [4.69, 9.17) is 27.9 Å². The molecule has 1 amide bonds. The molecule has 0 aliphatic carbocycles. The van der Waals surface area contributed by atoms with E-state index in [1.165, 1.54) is 6.92 Å². The lowest BCUT2D eigenvalue weighted by Crippen LogP contribution is -2.31. The van der Waals surface area contributed by atoms with Gasteiger partial charge in [0.15, 0.2) is 0 Å². The van der Waals surface area contributed by atoms with E-state index in [9.17, 15) is 9.59 Å². The minimum Gasteiger partial charge on any atom is -0.426 e. The van der Waals surface area contributed by atoms with Crippen LogP contribution in [0.4, 0.5) is 5.69 Å². The zero-order chi connectivity index (χ0) is 21.0. The van der Waals surface area contributed by atoms with Crippen LogP contribution in [0.5, 0.6) is 5.75 Å². The predicted octanol–water partition coefficient (Wildman–Crippen LogP) is 5.47. The fourth-order valence-corrected chi connectivity index (χ4v) is 3.41. The summed E-state index contributed by atoms with van der Waals surface area (Å²) >= 11 is 12.4. The molecule has 0 unspecified atom stereocenters. The third-order valence-electron chi connectivity index (χ3n) is 4.21. The van der Waals surface area contributed by atoms with Gasteiger partial charge in [-0.2, -0.15) is 0 Å². The predicted molar refractivity (Wildman–Crippen MR) is 114 cm³/mol. The Balaban J connectivity index is 2.08. The summed E-state index contributed by atoms with van der Waals surface area (Å²) in [6.45, 7) is 3.30. The summed E-state index contributed by atoms with van der Waals surface area (Å²) in [5.41, 5.74) is 2.44. The molecular weight excluding hydrogens is 411 g/mol. The first-order valence-electron chi connectivity index (χ1n) is 8.80. The molecule has 0 aliphatic rings. The maximum atomic E-state index is 13.4. The number of hydrogen-bond donors (Lipinski definition) is 0. The Morgan fingerprint density at radius 1 is 1.07 bits per heavy atom. The van der Waals surface area contributed by atoms with E-state index in [1.54, 1.807) is 59.8 Å². The quantitative estimate of drug-likeness (QED) is 0.399. The molecule has 0 bridgehead atoms. The van der Waals surface area contributed by atoms with Crippen LogP contribution in [0.25, 0.3) is 0 Å². The number of rotatable bonds is 5. The molecule has 0 atom stereocenters. The van der Waals surface area contributed by atoms with Crippen molar-refractivity contribution >= 4 is 40.8 Å². The average Bonchev–Trinajstić information content (AvgIpc) is 2.66. The smallest absolute Gasteiger partial charge is 0.308 e. The molecule has 0 saturated heterocycles. The molecule has 0 saturated carbocycles. The zero-order valence-corrected chi connectivity index (χ0v) is 17.4. The molecule has 2 aromatic carbocycles. The van der Waals surface area contributed by atoms with Crippen LogP contribution in [0.3, 0.4) is 0 Å². The van der Waals surface area contributed by atoms with Crippen molar-refractivity contribution in [1.29, 1.82) is 0 Å². The Labute approximate surface area is 178 Å². The van der Waals surface area contributed by atoms with Crippen LogP contribution < -0.4 is 9.64 Å². The Morgan fingerprint density at radius 2 is 1.76 bits per heavy atom. The number of carbonyl (C=O) groups is 2. The highest BCUT2D eigenvalue weighted by Crippen LogP contribution is 2.30. The number of carbonyl (C=O) groups excluding carboxylic acids is 2. The second kappa shape index (κ2) is 9.07. The number of ether oxygens (including phenoxy) is 1. The second-order valence-electron chi connectivity index (χ2n) is 6.41. The molecule has 7 heteroatoms. The molecule has 148 valence electrons. The topological polar surface area (TPSA) is 59.5 Å². The first-order chi connectivity index (χ1) is 13.8. The second-order valence-corrected chi connectivity index (χ2v) is 7.28. The molecule has 3 rings (SSSR count). The van der Waals surface area contributed by atoms with E-state index in [-0.39, 0.29) is 12.5 Å². The summed E-state index contributed by atoms with van der Waals surface area (Å²) in [4.78, 5) is 30.5. The fraction of sp³-hybridized carbons (Fsp3) is 0.136. The molecule has 0 N–H and O–H groups in total. The summed E-state index contributed by atoms with van der Waals surface area (Å²) < 4.78 is 5.30. The average molecular weight is 429 g/mol. The normalized spacial score (nSPS) is 10.5. The van der Waals surface area contributed by atoms with Crippen molar-refractivity contribution in [2.24, 2.45) is 0 Å². The van der Waals surface area contributed by atoms with Gasteiger partial charge in [0, 0.05) is 46.2 Å². The van der Waals surface area contributed by atoms with E-state index in [1.807, 2.05) is 13.0 Å². The van der Waals surface area contributed by atoms with E-state index in [0.29, 0.717) is 32.6 Å². The van der Waals surface area contributed by atoms with Crippen LogP contribution >= 0.6 is 23.2 Å². The first-order valence-corrected chi connectivity index (χ1v) is 9.55. The van der Waals surface area contributed by atoms with Crippen molar-refractivity contribution in [2.75, 3.05) is 4.90 Å². The van der Waals surface area contributed by atoms with Crippen molar-refractivity contribution in [2.45, 2.75) is 20.4 Å². The third kappa shape index (κ3) is 5.13. The number of anilines is 1. The number of benzene rings is 2. The van der Waals surface area contributed by atoms with Crippen LogP contribution in [0.1, 0.15) is 28.4 Å². The molecule has 0 aliphatic heterocycles. The molecule has 5 nitrogen and oxygen atoms in total. The number of pyridine rings is 1. The molecule has 0 radical (unpaired) electrons. The van der Waals surface area contributed by atoms with E-state index in [0.717, 1.165) is 5.56 Å².